The molecule has 0 aliphatic rings. The fourth-order valence-corrected chi connectivity index (χ4v) is 1.32. The van der Waals surface area contributed by atoms with Gasteiger partial charge in [0.2, 0.25) is 0 Å². The van der Waals surface area contributed by atoms with E-state index in [0.717, 1.165) is 16.9 Å². The van der Waals surface area contributed by atoms with Crippen LogP contribution in [0.2, 0.25) is 0 Å². The van der Waals surface area contributed by atoms with Gasteiger partial charge in [-0.05, 0) is 43.2 Å². The quantitative estimate of drug-likeness (QED) is 0.723. The van der Waals surface area contributed by atoms with Crippen LogP contribution in [0.4, 0.5) is 0 Å². The van der Waals surface area contributed by atoms with Crippen molar-refractivity contribution in [2.45, 2.75) is 19.4 Å². The van der Waals surface area contributed by atoms with Gasteiger partial charge >= 0.3 is 0 Å². The molecule has 0 aliphatic carbocycles. The first-order chi connectivity index (χ1) is 7.63. The molecule has 0 fully saturated rings. The second-order valence-corrected chi connectivity index (χ2v) is 3.91. The standard InChI is InChI=1S/C13H19NO2/c1-10(2)9-16-12-5-3-11(4-6-12)13(15)7-8-14/h3-6,13,15H,1,7-9,14H2,2H3. The van der Waals surface area contributed by atoms with Gasteiger partial charge in [-0.3, -0.25) is 0 Å². The number of benzene rings is 1. The normalized spacial score (nSPS) is 12.2. The fraction of sp³-hybridized carbons (Fsp3) is 0.385. The topological polar surface area (TPSA) is 55.5 Å². The van der Waals surface area contributed by atoms with Crippen molar-refractivity contribution < 1.29 is 9.84 Å². The van der Waals surface area contributed by atoms with Crippen LogP contribution < -0.4 is 10.5 Å². The fourth-order valence-electron chi connectivity index (χ4n) is 1.32. The van der Waals surface area contributed by atoms with E-state index in [-0.39, 0.29) is 0 Å². The molecule has 1 rings (SSSR count). The molecule has 0 aliphatic heterocycles. The zero-order valence-electron chi connectivity index (χ0n) is 9.65. The first-order valence-corrected chi connectivity index (χ1v) is 5.38. The average molecular weight is 221 g/mol. The second kappa shape index (κ2) is 6.30. The Hall–Kier alpha value is -1.32. The van der Waals surface area contributed by atoms with Gasteiger partial charge in [-0.15, -0.1) is 0 Å². The molecule has 1 aromatic carbocycles. The van der Waals surface area contributed by atoms with Crippen molar-refractivity contribution in [2.24, 2.45) is 5.73 Å². The molecule has 1 unspecified atom stereocenters. The van der Waals surface area contributed by atoms with Crippen LogP contribution in [0.1, 0.15) is 25.0 Å². The number of rotatable bonds is 6. The molecular formula is C13H19NO2. The Balaban J connectivity index is 2.57. The minimum absolute atomic E-state index is 0.481. The van der Waals surface area contributed by atoms with E-state index in [2.05, 4.69) is 6.58 Å². The van der Waals surface area contributed by atoms with E-state index >= 15 is 0 Å². The lowest BCUT2D eigenvalue weighted by Crippen LogP contribution is -2.06. The molecule has 0 aromatic heterocycles. The highest BCUT2D eigenvalue weighted by Crippen LogP contribution is 2.19. The van der Waals surface area contributed by atoms with E-state index in [9.17, 15) is 5.11 Å². The molecule has 0 heterocycles. The minimum atomic E-state index is -0.486. The van der Waals surface area contributed by atoms with Crippen molar-refractivity contribution in [2.75, 3.05) is 13.2 Å². The Morgan fingerprint density at radius 3 is 2.56 bits per heavy atom. The van der Waals surface area contributed by atoms with Crippen molar-refractivity contribution in [3.8, 4) is 5.75 Å². The lowest BCUT2D eigenvalue weighted by Gasteiger charge is -2.11. The van der Waals surface area contributed by atoms with Gasteiger partial charge in [-0.2, -0.15) is 0 Å². The maximum Gasteiger partial charge on any atom is 0.119 e. The number of hydrogen-bond acceptors (Lipinski definition) is 3. The summed E-state index contributed by atoms with van der Waals surface area (Å²) in [6.45, 7) is 6.68. The van der Waals surface area contributed by atoms with Gasteiger partial charge in [0.05, 0.1) is 6.10 Å². The third-order valence-electron chi connectivity index (χ3n) is 2.19. The zero-order valence-corrected chi connectivity index (χ0v) is 9.65. The zero-order chi connectivity index (χ0) is 12.0. The van der Waals surface area contributed by atoms with E-state index in [1.54, 1.807) is 0 Å². The molecule has 0 radical (unpaired) electrons. The van der Waals surface area contributed by atoms with E-state index < -0.39 is 6.10 Å². The summed E-state index contributed by atoms with van der Waals surface area (Å²) in [4.78, 5) is 0. The van der Waals surface area contributed by atoms with Gasteiger partial charge in [0.25, 0.3) is 0 Å². The van der Waals surface area contributed by atoms with Crippen LogP contribution >= 0.6 is 0 Å². The lowest BCUT2D eigenvalue weighted by molar-refractivity contribution is 0.170. The molecule has 3 N–H and O–H groups in total. The van der Waals surface area contributed by atoms with Gasteiger partial charge in [-0.25, -0.2) is 0 Å². The van der Waals surface area contributed by atoms with Gasteiger partial charge in [0, 0.05) is 0 Å². The summed E-state index contributed by atoms with van der Waals surface area (Å²) in [5.41, 5.74) is 7.23. The molecule has 0 bridgehead atoms. The highest BCUT2D eigenvalue weighted by molar-refractivity contribution is 5.28. The monoisotopic (exact) mass is 221 g/mol. The summed E-state index contributed by atoms with van der Waals surface area (Å²) >= 11 is 0. The minimum Gasteiger partial charge on any atom is -0.489 e. The van der Waals surface area contributed by atoms with E-state index in [4.69, 9.17) is 10.5 Å². The van der Waals surface area contributed by atoms with Crippen LogP contribution in [0.25, 0.3) is 0 Å². The Morgan fingerprint density at radius 1 is 1.44 bits per heavy atom. The third kappa shape index (κ3) is 4.04. The van der Waals surface area contributed by atoms with Crippen LogP contribution in [0.3, 0.4) is 0 Å². The highest BCUT2D eigenvalue weighted by atomic mass is 16.5. The number of aliphatic hydroxyl groups excluding tert-OH is 1. The van der Waals surface area contributed by atoms with Crippen LogP contribution in [0, 0.1) is 0 Å². The number of nitrogens with two attached hydrogens (primary N) is 1. The second-order valence-electron chi connectivity index (χ2n) is 3.91. The molecule has 88 valence electrons. The molecule has 1 aromatic rings. The van der Waals surface area contributed by atoms with Crippen LogP contribution in [0.15, 0.2) is 36.4 Å². The number of hydrogen-bond donors (Lipinski definition) is 2. The van der Waals surface area contributed by atoms with Gasteiger partial charge in [0.1, 0.15) is 12.4 Å². The SMILES string of the molecule is C=C(C)COc1ccc(C(O)CCN)cc1. The van der Waals surface area contributed by atoms with Gasteiger partial charge in [0.15, 0.2) is 0 Å². The molecular weight excluding hydrogens is 202 g/mol. The molecule has 0 saturated heterocycles. The van der Waals surface area contributed by atoms with Crippen LogP contribution in [-0.4, -0.2) is 18.3 Å². The summed E-state index contributed by atoms with van der Waals surface area (Å²) in [7, 11) is 0. The molecule has 16 heavy (non-hydrogen) atoms. The van der Waals surface area contributed by atoms with Crippen LogP contribution in [0.5, 0.6) is 5.75 Å². The Morgan fingerprint density at radius 2 is 2.06 bits per heavy atom. The van der Waals surface area contributed by atoms with Gasteiger partial charge in [-0.1, -0.05) is 18.7 Å². The Bertz CT molecular complexity index is 332. The molecule has 1 atom stereocenters. The summed E-state index contributed by atoms with van der Waals surface area (Å²) in [6.07, 6.45) is 0.0894. The summed E-state index contributed by atoms with van der Waals surface area (Å²) in [5.74, 6) is 0.784. The van der Waals surface area contributed by atoms with Crippen molar-refractivity contribution in [3.63, 3.8) is 0 Å². The van der Waals surface area contributed by atoms with E-state index in [1.165, 1.54) is 0 Å². The molecule has 0 saturated carbocycles. The first-order valence-electron chi connectivity index (χ1n) is 5.38. The van der Waals surface area contributed by atoms with Crippen molar-refractivity contribution in [3.05, 3.63) is 42.0 Å². The smallest absolute Gasteiger partial charge is 0.119 e. The Kier molecular flexibility index (Phi) is 5.02. The predicted octanol–water partition coefficient (Wildman–Crippen LogP) is 2.02. The van der Waals surface area contributed by atoms with Crippen LogP contribution in [-0.2, 0) is 0 Å². The van der Waals surface area contributed by atoms with E-state index in [0.29, 0.717) is 19.6 Å². The summed E-state index contributed by atoms with van der Waals surface area (Å²) < 4.78 is 5.46. The van der Waals surface area contributed by atoms with Gasteiger partial charge < -0.3 is 15.6 Å². The van der Waals surface area contributed by atoms with Crippen molar-refractivity contribution >= 4 is 0 Å². The molecule has 0 amide bonds. The third-order valence-corrected chi connectivity index (χ3v) is 2.19. The maximum absolute atomic E-state index is 9.69. The first kappa shape index (κ1) is 12.7. The largest absolute Gasteiger partial charge is 0.489 e. The Labute approximate surface area is 96.5 Å². The predicted molar refractivity (Wildman–Crippen MR) is 65.4 cm³/mol. The highest BCUT2D eigenvalue weighted by Gasteiger charge is 2.05. The van der Waals surface area contributed by atoms with E-state index in [1.807, 2.05) is 31.2 Å². The summed E-state index contributed by atoms with van der Waals surface area (Å²) in [5, 5.41) is 9.69. The van der Waals surface area contributed by atoms with Crippen molar-refractivity contribution in [1.29, 1.82) is 0 Å². The molecule has 3 nitrogen and oxygen atoms in total. The lowest BCUT2D eigenvalue weighted by atomic mass is 10.1. The number of aliphatic hydroxyl groups is 1. The number of ether oxygens (including phenoxy) is 1. The molecule has 3 heteroatoms. The molecule has 0 spiro atoms. The summed E-state index contributed by atoms with van der Waals surface area (Å²) in [6, 6.07) is 7.40. The maximum atomic E-state index is 9.69. The average Bonchev–Trinajstić information content (AvgIpc) is 2.27. The van der Waals surface area contributed by atoms with Crippen molar-refractivity contribution in [1.82, 2.24) is 0 Å².